The Hall–Kier alpha value is -3.16. The first kappa shape index (κ1) is 20.7. The predicted molar refractivity (Wildman–Crippen MR) is 136 cm³/mol. The third-order valence-electron chi connectivity index (χ3n) is 7.41. The maximum atomic E-state index is 2.39. The van der Waals surface area contributed by atoms with E-state index in [1.165, 1.54) is 65.5 Å². The van der Waals surface area contributed by atoms with Crippen molar-refractivity contribution >= 4 is 0 Å². The summed E-state index contributed by atoms with van der Waals surface area (Å²) in [6.07, 6.45) is 6.84. The van der Waals surface area contributed by atoms with Crippen LogP contribution in [0.3, 0.4) is 0 Å². The summed E-state index contributed by atoms with van der Waals surface area (Å²) < 4.78 is 0. The smallest absolute Gasteiger partial charge is 0.0136 e. The van der Waals surface area contributed by atoms with E-state index in [1.54, 1.807) is 11.1 Å². The van der Waals surface area contributed by atoms with E-state index in [9.17, 15) is 0 Å². The van der Waals surface area contributed by atoms with Crippen molar-refractivity contribution in [3.8, 4) is 33.4 Å². The van der Waals surface area contributed by atoms with Gasteiger partial charge >= 0.3 is 0 Å². The van der Waals surface area contributed by atoms with Gasteiger partial charge in [0.05, 0.1) is 0 Å². The quantitative estimate of drug-likeness (QED) is 0.355. The summed E-state index contributed by atoms with van der Waals surface area (Å²) in [7, 11) is 0. The first-order valence-electron chi connectivity index (χ1n) is 11.8. The van der Waals surface area contributed by atoms with Crippen molar-refractivity contribution in [2.24, 2.45) is 5.92 Å². The third kappa shape index (κ3) is 3.38. The van der Waals surface area contributed by atoms with Crippen LogP contribution in [0.15, 0.2) is 97.1 Å². The van der Waals surface area contributed by atoms with E-state index in [1.807, 2.05) is 0 Å². The monoisotopic (exact) mass is 417 g/mol. The van der Waals surface area contributed by atoms with Gasteiger partial charge in [0.15, 0.2) is 0 Å². The van der Waals surface area contributed by atoms with E-state index in [0.717, 1.165) is 5.92 Å². The fourth-order valence-electron chi connectivity index (χ4n) is 6.08. The first-order valence-corrected chi connectivity index (χ1v) is 11.8. The Morgan fingerprint density at radius 2 is 1.09 bits per heavy atom. The van der Waals surface area contributed by atoms with Crippen molar-refractivity contribution < 1.29 is 0 Å². The lowest BCUT2D eigenvalue weighted by molar-refractivity contribution is 0.330. The molecular formula is C31H31N. The molecule has 1 unspecified atom stereocenters. The van der Waals surface area contributed by atoms with Crippen LogP contribution in [0.25, 0.3) is 33.4 Å². The summed E-state index contributed by atoms with van der Waals surface area (Å²) in [5.74, 6) is 1.25. The van der Waals surface area contributed by atoms with Crippen LogP contribution in [-0.4, -0.2) is 0 Å². The van der Waals surface area contributed by atoms with Gasteiger partial charge in [0.2, 0.25) is 0 Å². The van der Waals surface area contributed by atoms with E-state index in [4.69, 9.17) is 0 Å². The SMILES string of the molecule is N.c1ccc(-c2ccc3c(c2-c2ccccc2)C(C2CCCCC2)c2ccccc2-3)cc1. The second-order valence-corrected chi connectivity index (χ2v) is 9.14. The lowest BCUT2D eigenvalue weighted by Crippen LogP contribution is -2.16. The summed E-state index contributed by atoms with van der Waals surface area (Å²) in [6.45, 7) is 0. The highest BCUT2D eigenvalue weighted by atomic mass is 14.4. The normalized spacial score (nSPS) is 17.3. The van der Waals surface area contributed by atoms with Crippen LogP contribution in [0.1, 0.15) is 49.1 Å². The molecule has 1 atom stereocenters. The molecule has 0 aromatic heterocycles. The Morgan fingerprint density at radius 1 is 0.500 bits per heavy atom. The molecule has 2 aliphatic rings. The number of hydrogen-bond donors (Lipinski definition) is 1. The largest absolute Gasteiger partial charge is 0.344 e. The zero-order valence-electron chi connectivity index (χ0n) is 18.6. The molecule has 2 aliphatic carbocycles. The molecule has 1 nitrogen and oxygen atoms in total. The predicted octanol–water partition coefficient (Wildman–Crippen LogP) is 8.88. The van der Waals surface area contributed by atoms with Gasteiger partial charge in [0, 0.05) is 5.92 Å². The van der Waals surface area contributed by atoms with Crippen molar-refractivity contribution in [1.29, 1.82) is 0 Å². The average Bonchev–Trinajstić information content (AvgIpc) is 3.19. The molecule has 0 radical (unpaired) electrons. The van der Waals surface area contributed by atoms with E-state index >= 15 is 0 Å². The summed E-state index contributed by atoms with van der Waals surface area (Å²) in [6, 6.07) is 35.9. The first-order chi connectivity index (χ1) is 15.4. The lowest BCUT2D eigenvalue weighted by atomic mass is 9.73. The maximum absolute atomic E-state index is 2.39. The van der Waals surface area contributed by atoms with Crippen LogP contribution in [-0.2, 0) is 0 Å². The van der Waals surface area contributed by atoms with Crippen molar-refractivity contribution in [1.82, 2.24) is 6.15 Å². The lowest BCUT2D eigenvalue weighted by Gasteiger charge is -2.31. The standard InChI is InChI=1S/C31H28.H3N/c1-4-12-22(13-5-1)25-20-21-28-26-18-10-11-19-27(26)30(24-16-8-3-9-17-24)31(28)29(25)23-14-6-2-7-15-23;/h1-2,4-7,10-15,18-21,24,30H,3,8-9,16-17H2;1H3. The van der Waals surface area contributed by atoms with Crippen LogP contribution >= 0.6 is 0 Å². The Balaban J connectivity index is 0.00000216. The summed E-state index contributed by atoms with van der Waals surface area (Å²) in [5.41, 5.74) is 11.5. The summed E-state index contributed by atoms with van der Waals surface area (Å²) >= 11 is 0. The van der Waals surface area contributed by atoms with Crippen molar-refractivity contribution in [3.05, 3.63) is 108 Å². The molecule has 3 N–H and O–H groups in total. The summed E-state index contributed by atoms with van der Waals surface area (Å²) in [5, 5.41) is 0. The van der Waals surface area contributed by atoms with Gasteiger partial charge in [-0.2, -0.15) is 0 Å². The van der Waals surface area contributed by atoms with Crippen LogP contribution in [0.5, 0.6) is 0 Å². The fraction of sp³-hybridized carbons (Fsp3) is 0.226. The Bertz CT molecular complexity index is 1200. The molecule has 1 fully saturated rings. The molecule has 0 aliphatic heterocycles. The van der Waals surface area contributed by atoms with Gasteiger partial charge in [-0.3, -0.25) is 0 Å². The highest BCUT2D eigenvalue weighted by molar-refractivity contribution is 5.94. The van der Waals surface area contributed by atoms with E-state index in [0.29, 0.717) is 5.92 Å². The zero-order chi connectivity index (χ0) is 20.6. The second kappa shape index (κ2) is 8.76. The topological polar surface area (TPSA) is 35.0 Å². The van der Waals surface area contributed by atoms with Crippen molar-refractivity contribution in [3.63, 3.8) is 0 Å². The van der Waals surface area contributed by atoms with Crippen LogP contribution < -0.4 is 6.15 Å². The molecular weight excluding hydrogens is 386 g/mol. The van der Waals surface area contributed by atoms with E-state index < -0.39 is 0 Å². The number of fused-ring (bicyclic) bond motifs is 3. The number of benzene rings is 4. The van der Waals surface area contributed by atoms with Crippen LogP contribution in [0, 0.1) is 5.92 Å². The van der Waals surface area contributed by atoms with Gasteiger partial charge in [-0.05, 0) is 63.3 Å². The molecule has 32 heavy (non-hydrogen) atoms. The van der Waals surface area contributed by atoms with Gasteiger partial charge in [0.1, 0.15) is 0 Å². The minimum Gasteiger partial charge on any atom is -0.344 e. The van der Waals surface area contributed by atoms with E-state index in [-0.39, 0.29) is 6.15 Å². The minimum atomic E-state index is 0. The zero-order valence-corrected chi connectivity index (χ0v) is 18.6. The highest BCUT2D eigenvalue weighted by Gasteiger charge is 2.37. The average molecular weight is 418 g/mol. The molecule has 0 amide bonds. The molecule has 0 saturated heterocycles. The summed E-state index contributed by atoms with van der Waals surface area (Å²) in [4.78, 5) is 0. The molecule has 4 aromatic carbocycles. The van der Waals surface area contributed by atoms with Crippen molar-refractivity contribution in [2.75, 3.05) is 0 Å². The number of rotatable bonds is 3. The Morgan fingerprint density at radius 3 is 1.81 bits per heavy atom. The highest BCUT2D eigenvalue weighted by Crippen LogP contribution is 2.56. The van der Waals surface area contributed by atoms with Crippen LogP contribution in [0.2, 0.25) is 0 Å². The molecule has 160 valence electrons. The minimum absolute atomic E-state index is 0. The van der Waals surface area contributed by atoms with Gasteiger partial charge in [-0.15, -0.1) is 0 Å². The van der Waals surface area contributed by atoms with Gasteiger partial charge in [0.25, 0.3) is 0 Å². The maximum Gasteiger partial charge on any atom is 0.0136 e. The molecule has 0 heterocycles. The Kier molecular flexibility index (Phi) is 5.68. The molecule has 0 spiro atoms. The second-order valence-electron chi connectivity index (χ2n) is 9.14. The molecule has 1 saturated carbocycles. The Labute approximate surface area is 191 Å². The number of hydrogen-bond acceptors (Lipinski definition) is 1. The molecule has 1 heteroatoms. The van der Waals surface area contributed by atoms with Gasteiger partial charge in [-0.1, -0.05) is 116 Å². The van der Waals surface area contributed by atoms with Gasteiger partial charge in [-0.25, -0.2) is 0 Å². The van der Waals surface area contributed by atoms with Crippen molar-refractivity contribution in [2.45, 2.75) is 38.0 Å². The van der Waals surface area contributed by atoms with Crippen LogP contribution in [0.4, 0.5) is 0 Å². The third-order valence-corrected chi connectivity index (χ3v) is 7.41. The van der Waals surface area contributed by atoms with Gasteiger partial charge < -0.3 is 6.15 Å². The fourth-order valence-corrected chi connectivity index (χ4v) is 6.08. The van der Waals surface area contributed by atoms with E-state index in [2.05, 4.69) is 97.1 Å². The molecule has 6 rings (SSSR count). The molecule has 0 bridgehead atoms. The molecule has 4 aromatic rings.